The summed E-state index contributed by atoms with van der Waals surface area (Å²) in [5, 5.41) is 6.70. The van der Waals surface area contributed by atoms with Crippen molar-refractivity contribution in [1.82, 2.24) is 20.3 Å². The fourth-order valence-electron chi connectivity index (χ4n) is 5.82. The highest BCUT2D eigenvalue weighted by Gasteiger charge is 2.45. The van der Waals surface area contributed by atoms with E-state index >= 15 is 0 Å². The maximum Gasteiger partial charge on any atom is 0.255 e. The molecule has 8 nitrogen and oxygen atoms in total. The second-order valence-corrected chi connectivity index (χ2v) is 9.85. The molecule has 0 unspecified atom stereocenters. The molecule has 0 radical (unpaired) electrons. The van der Waals surface area contributed by atoms with Gasteiger partial charge in [0.15, 0.2) is 5.82 Å². The first kappa shape index (κ1) is 24.1. The number of hydrogen-bond acceptors (Lipinski definition) is 6. The second kappa shape index (κ2) is 10.2. The summed E-state index contributed by atoms with van der Waals surface area (Å²) in [7, 11) is 0. The summed E-state index contributed by atoms with van der Waals surface area (Å²) in [5.41, 5.74) is 7.18. The highest BCUT2D eigenvalue weighted by atomic mass is 19.1. The molecule has 3 heterocycles. The zero-order chi connectivity index (χ0) is 25.1. The van der Waals surface area contributed by atoms with E-state index in [0.717, 1.165) is 51.6 Å². The van der Waals surface area contributed by atoms with Crippen molar-refractivity contribution in [3.63, 3.8) is 0 Å². The number of hydrogen-bond donors (Lipinski definition) is 4. The van der Waals surface area contributed by atoms with Crippen LogP contribution >= 0.6 is 0 Å². The number of nitrogens with two attached hydrogens (primary N) is 1. The third kappa shape index (κ3) is 4.75. The molecule has 36 heavy (non-hydrogen) atoms. The van der Waals surface area contributed by atoms with E-state index in [1.807, 2.05) is 6.07 Å². The van der Waals surface area contributed by atoms with E-state index in [-0.39, 0.29) is 29.1 Å². The number of primary amides is 1. The number of aromatic amines is 1. The Bertz CT molecular complexity index is 1300. The van der Waals surface area contributed by atoms with Crippen molar-refractivity contribution in [1.29, 1.82) is 0 Å². The summed E-state index contributed by atoms with van der Waals surface area (Å²) in [6.45, 7) is 1.65. The van der Waals surface area contributed by atoms with Gasteiger partial charge in [0, 0.05) is 23.4 Å². The first-order chi connectivity index (χ1) is 17.5. The Kier molecular flexibility index (Phi) is 6.82. The molecule has 1 aliphatic heterocycles. The highest BCUT2D eigenvalue weighted by molar-refractivity contribution is 5.81. The van der Waals surface area contributed by atoms with Crippen molar-refractivity contribution in [3.8, 4) is 22.4 Å². The van der Waals surface area contributed by atoms with E-state index in [1.165, 1.54) is 6.20 Å². The molecule has 2 aliphatic rings. The lowest BCUT2D eigenvalue weighted by atomic mass is 9.63. The number of rotatable bonds is 6. The molecular formula is C27H31FN6O2. The Morgan fingerprint density at radius 1 is 1.08 bits per heavy atom. The van der Waals surface area contributed by atoms with Crippen molar-refractivity contribution in [2.75, 3.05) is 18.4 Å². The van der Waals surface area contributed by atoms with Crippen molar-refractivity contribution < 1.29 is 9.18 Å². The fraction of sp³-hybridized carbons (Fsp3) is 0.407. The molecule has 2 fully saturated rings. The predicted octanol–water partition coefficient (Wildman–Crippen LogP) is 3.46. The number of amides is 1. The summed E-state index contributed by atoms with van der Waals surface area (Å²) < 4.78 is 14.8. The van der Waals surface area contributed by atoms with Gasteiger partial charge in [-0.1, -0.05) is 18.2 Å². The van der Waals surface area contributed by atoms with Crippen molar-refractivity contribution in [3.05, 3.63) is 65.0 Å². The van der Waals surface area contributed by atoms with Crippen LogP contribution in [0.15, 0.2) is 53.6 Å². The molecule has 0 bridgehead atoms. The number of nitrogens with zero attached hydrogens (tertiary/aromatic N) is 2. The van der Waals surface area contributed by atoms with Gasteiger partial charge in [0.2, 0.25) is 11.9 Å². The van der Waals surface area contributed by atoms with Crippen LogP contribution in [0.1, 0.15) is 38.5 Å². The molecular weight excluding hydrogens is 459 g/mol. The zero-order valence-electron chi connectivity index (χ0n) is 20.1. The first-order valence-corrected chi connectivity index (χ1v) is 12.5. The van der Waals surface area contributed by atoms with E-state index in [2.05, 4.69) is 25.6 Å². The average Bonchev–Trinajstić information content (AvgIpc) is 2.91. The number of piperidine rings is 1. The van der Waals surface area contributed by atoms with Gasteiger partial charge in [-0.3, -0.25) is 9.59 Å². The van der Waals surface area contributed by atoms with Gasteiger partial charge in [-0.15, -0.1) is 0 Å². The minimum atomic E-state index is -0.530. The van der Waals surface area contributed by atoms with Crippen LogP contribution in [0.2, 0.25) is 0 Å². The second-order valence-electron chi connectivity index (χ2n) is 9.85. The van der Waals surface area contributed by atoms with Crippen LogP contribution in [0.3, 0.4) is 0 Å². The lowest BCUT2D eigenvalue weighted by molar-refractivity contribution is -0.134. The molecule has 2 aromatic heterocycles. The van der Waals surface area contributed by atoms with Gasteiger partial charge in [-0.25, -0.2) is 14.4 Å². The Hall–Kier alpha value is -3.59. The number of pyridine rings is 1. The van der Waals surface area contributed by atoms with Gasteiger partial charge >= 0.3 is 0 Å². The lowest BCUT2D eigenvalue weighted by Gasteiger charge is -2.44. The topological polar surface area (TPSA) is 126 Å². The number of aromatic nitrogens is 3. The van der Waals surface area contributed by atoms with E-state index in [9.17, 15) is 14.0 Å². The van der Waals surface area contributed by atoms with Crippen LogP contribution < -0.4 is 21.9 Å². The van der Waals surface area contributed by atoms with Crippen LogP contribution in [-0.2, 0) is 4.79 Å². The zero-order valence-corrected chi connectivity index (χ0v) is 20.1. The molecule has 0 spiro atoms. The monoisotopic (exact) mass is 490 g/mol. The van der Waals surface area contributed by atoms with E-state index in [1.54, 1.807) is 36.5 Å². The number of halogens is 1. The van der Waals surface area contributed by atoms with Crippen molar-refractivity contribution in [2.45, 2.75) is 44.6 Å². The molecule has 9 heteroatoms. The lowest BCUT2D eigenvalue weighted by Crippen LogP contribution is -2.51. The SMILES string of the molecule is NC(=O)C1([C@H]2CC[C@H](Nc3ncc(F)c(-c4cccc(-c5ccc[nH]c5=O)c4)n3)CC2)CCNCC1. The molecule has 5 N–H and O–H groups in total. The Balaban J connectivity index is 1.30. The third-order valence-electron chi connectivity index (χ3n) is 7.84. The summed E-state index contributed by atoms with van der Waals surface area (Å²) in [6, 6.07) is 10.7. The van der Waals surface area contributed by atoms with Crippen LogP contribution in [0.4, 0.5) is 10.3 Å². The van der Waals surface area contributed by atoms with Crippen LogP contribution in [-0.4, -0.2) is 40.0 Å². The average molecular weight is 491 g/mol. The molecule has 1 aromatic carbocycles. The van der Waals surface area contributed by atoms with Crippen LogP contribution in [0.25, 0.3) is 22.4 Å². The van der Waals surface area contributed by atoms with Crippen LogP contribution in [0, 0.1) is 17.2 Å². The maximum absolute atomic E-state index is 14.8. The largest absolute Gasteiger partial charge is 0.369 e. The molecule has 5 rings (SSSR count). The summed E-state index contributed by atoms with van der Waals surface area (Å²) in [6.07, 6.45) is 7.89. The summed E-state index contributed by atoms with van der Waals surface area (Å²) >= 11 is 0. The number of anilines is 1. The fourth-order valence-corrected chi connectivity index (χ4v) is 5.82. The first-order valence-electron chi connectivity index (χ1n) is 12.5. The minimum Gasteiger partial charge on any atom is -0.369 e. The molecule has 1 aliphatic carbocycles. The normalized spacial score (nSPS) is 21.6. The van der Waals surface area contributed by atoms with Gasteiger partial charge in [-0.2, -0.15) is 0 Å². The maximum atomic E-state index is 14.8. The van der Waals surface area contributed by atoms with Crippen LogP contribution in [0.5, 0.6) is 0 Å². The Morgan fingerprint density at radius 2 is 1.83 bits per heavy atom. The molecule has 1 saturated carbocycles. The smallest absolute Gasteiger partial charge is 0.255 e. The van der Waals surface area contributed by atoms with Gasteiger partial charge in [0.05, 0.1) is 11.6 Å². The number of H-pyrrole nitrogens is 1. The standard InChI is InChI=1S/C27H31FN6O2/c28-22-16-32-26(33-20-8-6-19(7-9-20)27(25(29)36)10-13-30-14-11-27)34-23(22)18-4-1-3-17(15-18)21-5-2-12-31-24(21)35/h1-5,12,15-16,19-20,30H,6-11,13-14H2,(H2,29,36)(H,31,35)(H,32,33,34)/t19-,20-. The van der Waals surface area contributed by atoms with Crippen molar-refractivity contribution >= 4 is 11.9 Å². The van der Waals surface area contributed by atoms with Gasteiger partial charge < -0.3 is 21.4 Å². The number of carbonyl (C=O) groups is 1. The molecule has 0 atom stereocenters. The number of benzene rings is 1. The molecule has 1 amide bonds. The number of carbonyl (C=O) groups excluding carboxylic acids is 1. The Labute approximate surface area is 209 Å². The Morgan fingerprint density at radius 3 is 2.56 bits per heavy atom. The van der Waals surface area contributed by atoms with E-state index in [0.29, 0.717) is 22.6 Å². The predicted molar refractivity (Wildman–Crippen MR) is 137 cm³/mol. The van der Waals surface area contributed by atoms with E-state index < -0.39 is 11.2 Å². The quantitative estimate of drug-likeness (QED) is 0.419. The molecule has 188 valence electrons. The molecule has 1 saturated heterocycles. The van der Waals surface area contributed by atoms with Crippen molar-refractivity contribution in [2.24, 2.45) is 17.1 Å². The third-order valence-corrected chi connectivity index (χ3v) is 7.84. The van der Waals surface area contributed by atoms with Gasteiger partial charge in [0.1, 0.15) is 5.69 Å². The van der Waals surface area contributed by atoms with E-state index in [4.69, 9.17) is 5.73 Å². The van der Waals surface area contributed by atoms with Gasteiger partial charge in [-0.05, 0) is 81.3 Å². The van der Waals surface area contributed by atoms with Gasteiger partial charge in [0.25, 0.3) is 5.56 Å². The molecule has 3 aromatic rings. The number of nitrogens with one attached hydrogen (secondary N) is 3. The summed E-state index contributed by atoms with van der Waals surface area (Å²) in [4.78, 5) is 35.9. The summed E-state index contributed by atoms with van der Waals surface area (Å²) in [5.74, 6) is -0.0580. The minimum absolute atomic E-state index is 0.139. The highest BCUT2D eigenvalue weighted by Crippen LogP contribution is 2.44.